The van der Waals surface area contributed by atoms with Gasteiger partial charge in [-0.25, -0.2) is 4.79 Å². The number of hydrogen-bond donors (Lipinski definition) is 2. The Morgan fingerprint density at radius 1 is 1.07 bits per heavy atom. The van der Waals surface area contributed by atoms with Crippen LogP contribution >= 0.6 is 0 Å². The van der Waals surface area contributed by atoms with E-state index in [1.807, 2.05) is 25.1 Å². The van der Waals surface area contributed by atoms with Crippen LogP contribution in [0.2, 0.25) is 0 Å². The van der Waals surface area contributed by atoms with Crippen molar-refractivity contribution in [2.24, 2.45) is 0 Å². The fraction of sp³-hybridized carbons (Fsp3) is 0.333. The van der Waals surface area contributed by atoms with Crippen molar-refractivity contribution in [1.29, 1.82) is 0 Å². The maximum absolute atomic E-state index is 12.4. The van der Waals surface area contributed by atoms with Gasteiger partial charge < -0.3 is 20.1 Å². The number of nitrogens with one attached hydrogen (secondary N) is 2. The van der Waals surface area contributed by atoms with Crippen molar-refractivity contribution in [1.82, 2.24) is 0 Å². The van der Waals surface area contributed by atoms with Crippen molar-refractivity contribution in [3.8, 4) is 5.75 Å². The van der Waals surface area contributed by atoms with Crippen molar-refractivity contribution < 1.29 is 19.1 Å². The van der Waals surface area contributed by atoms with Gasteiger partial charge in [0.1, 0.15) is 5.75 Å². The van der Waals surface area contributed by atoms with Gasteiger partial charge in [-0.3, -0.25) is 4.79 Å². The highest BCUT2D eigenvalue weighted by atomic mass is 16.5. The first-order valence-electron chi connectivity index (χ1n) is 8.99. The van der Waals surface area contributed by atoms with E-state index in [4.69, 9.17) is 9.47 Å². The smallest absolute Gasteiger partial charge is 0.340 e. The second-order valence-electron chi connectivity index (χ2n) is 6.15. The zero-order valence-corrected chi connectivity index (χ0v) is 16.0. The van der Waals surface area contributed by atoms with Gasteiger partial charge in [0, 0.05) is 12.2 Å². The number of hydrogen-bond acceptors (Lipinski definition) is 5. The summed E-state index contributed by atoms with van der Waals surface area (Å²) in [6.45, 7) is 4.41. The predicted molar refractivity (Wildman–Crippen MR) is 106 cm³/mol. The molecule has 0 aliphatic carbocycles. The Bertz CT molecular complexity index is 790. The molecule has 6 heteroatoms. The van der Waals surface area contributed by atoms with Gasteiger partial charge in [-0.1, -0.05) is 31.5 Å². The van der Waals surface area contributed by atoms with E-state index in [9.17, 15) is 9.59 Å². The van der Waals surface area contributed by atoms with Crippen LogP contribution in [0.25, 0.3) is 0 Å². The Morgan fingerprint density at radius 3 is 2.59 bits per heavy atom. The zero-order valence-electron chi connectivity index (χ0n) is 16.0. The van der Waals surface area contributed by atoms with Crippen LogP contribution in [0.15, 0.2) is 42.5 Å². The third-order valence-electron chi connectivity index (χ3n) is 3.96. The van der Waals surface area contributed by atoms with Gasteiger partial charge in [0.2, 0.25) is 0 Å². The molecule has 0 spiro atoms. The normalized spacial score (nSPS) is 10.2. The first kappa shape index (κ1) is 20.3. The van der Waals surface area contributed by atoms with Crippen molar-refractivity contribution in [2.75, 3.05) is 30.9 Å². The molecular weight excluding hydrogens is 344 g/mol. The summed E-state index contributed by atoms with van der Waals surface area (Å²) in [4.78, 5) is 24.5. The zero-order chi connectivity index (χ0) is 19.6. The molecule has 6 nitrogen and oxygen atoms in total. The summed E-state index contributed by atoms with van der Waals surface area (Å²) in [6.07, 6.45) is 2.06. The molecule has 0 bridgehead atoms. The van der Waals surface area contributed by atoms with Crippen molar-refractivity contribution >= 4 is 23.3 Å². The second-order valence-corrected chi connectivity index (χ2v) is 6.15. The maximum atomic E-state index is 12.4. The minimum Gasteiger partial charge on any atom is -0.495 e. The molecule has 0 atom stereocenters. The largest absolute Gasteiger partial charge is 0.495 e. The molecule has 144 valence electrons. The van der Waals surface area contributed by atoms with Crippen LogP contribution in [0.3, 0.4) is 0 Å². The molecule has 2 N–H and O–H groups in total. The fourth-order valence-electron chi connectivity index (χ4n) is 2.53. The van der Waals surface area contributed by atoms with Crippen LogP contribution < -0.4 is 15.4 Å². The van der Waals surface area contributed by atoms with E-state index in [1.54, 1.807) is 24.3 Å². The van der Waals surface area contributed by atoms with E-state index in [1.165, 1.54) is 7.11 Å². The van der Waals surface area contributed by atoms with Crippen LogP contribution in [0, 0.1) is 6.92 Å². The van der Waals surface area contributed by atoms with Crippen LogP contribution in [-0.4, -0.2) is 32.1 Å². The van der Waals surface area contributed by atoms with E-state index in [2.05, 4.69) is 17.6 Å². The fourth-order valence-corrected chi connectivity index (χ4v) is 2.53. The van der Waals surface area contributed by atoms with Gasteiger partial charge in [0.05, 0.1) is 18.4 Å². The Kier molecular flexibility index (Phi) is 7.67. The van der Waals surface area contributed by atoms with E-state index < -0.39 is 11.9 Å². The van der Waals surface area contributed by atoms with Gasteiger partial charge in [-0.2, -0.15) is 0 Å². The monoisotopic (exact) mass is 370 g/mol. The molecule has 0 radical (unpaired) electrons. The lowest BCUT2D eigenvalue weighted by atomic mass is 10.1. The molecule has 2 aromatic carbocycles. The number of aryl methyl sites for hydroxylation is 1. The number of ether oxygens (including phenoxy) is 2. The Balaban J connectivity index is 1.96. The molecule has 0 aliphatic rings. The number of amides is 1. The molecule has 2 aromatic rings. The summed E-state index contributed by atoms with van der Waals surface area (Å²) in [7, 11) is 1.53. The summed E-state index contributed by atoms with van der Waals surface area (Å²) in [5.74, 6) is -0.421. The Labute approximate surface area is 159 Å². The predicted octanol–water partition coefficient (Wildman–Crippen LogP) is 4.01. The molecule has 1 amide bonds. The van der Waals surface area contributed by atoms with Gasteiger partial charge in [0.15, 0.2) is 6.61 Å². The molecule has 27 heavy (non-hydrogen) atoms. The summed E-state index contributed by atoms with van der Waals surface area (Å²) in [5.41, 5.74) is 2.64. The number of para-hydroxylation sites is 1. The lowest BCUT2D eigenvalue weighted by Crippen LogP contribution is -2.21. The Morgan fingerprint density at radius 2 is 1.85 bits per heavy atom. The minimum absolute atomic E-state index is 0.376. The van der Waals surface area contributed by atoms with Crippen molar-refractivity contribution in [2.45, 2.75) is 26.7 Å². The number of methoxy groups -OCH3 is 1. The minimum atomic E-state index is -0.541. The first-order chi connectivity index (χ1) is 13.0. The maximum Gasteiger partial charge on any atom is 0.340 e. The van der Waals surface area contributed by atoms with Crippen molar-refractivity contribution in [3.63, 3.8) is 0 Å². The molecule has 0 heterocycles. The van der Waals surface area contributed by atoms with Crippen LogP contribution in [0.5, 0.6) is 5.75 Å². The van der Waals surface area contributed by atoms with Gasteiger partial charge >= 0.3 is 5.97 Å². The summed E-state index contributed by atoms with van der Waals surface area (Å²) >= 11 is 0. The number of rotatable bonds is 9. The third-order valence-corrected chi connectivity index (χ3v) is 3.96. The van der Waals surface area contributed by atoms with E-state index in [-0.39, 0.29) is 6.61 Å². The Hall–Kier alpha value is -3.02. The average molecular weight is 370 g/mol. The number of benzene rings is 2. The van der Waals surface area contributed by atoms with Gasteiger partial charge in [0.25, 0.3) is 5.91 Å². The number of carbonyl (C=O) groups excluding carboxylic acids is 2. The molecule has 0 aromatic heterocycles. The van der Waals surface area contributed by atoms with E-state index in [0.29, 0.717) is 22.7 Å². The van der Waals surface area contributed by atoms with E-state index >= 15 is 0 Å². The highest BCUT2D eigenvalue weighted by Gasteiger charge is 2.15. The summed E-state index contributed by atoms with van der Waals surface area (Å²) < 4.78 is 10.4. The topological polar surface area (TPSA) is 76.7 Å². The van der Waals surface area contributed by atoms with Crippen molar-refractivity contribution in [3.05, 3.63) is 53.6 Å². The molecule has 0 saturated heterocycles. The lowest BCUT2D eigenvalue weighted by Gasteiger charge is -2.13. The average Bonchev–Trinajstić information content (AvgIpc) is 2.67. The molecule has 0 aliphatic heterocycles. The van der Waals surface area contributed by atoms with Crippen LogP contribution in [-0.2, 0) is 9.53 Å². The molecule has 0 fully saturated rings. The SMILES string of the molecule is CCCCNc1ccccc1C(=O)OCC(=O)Nc1cc(C)ccc1OC. The molecule has 0 unspecified atom stereocenters. The first-order valence-corrected chi connectivity index (χ1v) is 8.99. The van der Waals surface area contributed by atoms with Gasteiger partial charge in [-0.05, 0) is 43.2 Å². The lowest BCUT2D eigenvalue weighted by molar-refractivity contribution is -0.119. The number of anilines is 2. The number of carbonyl (C=O) groups is 2. The van der Waals surface area contributed by atoms with Crippen LogP contribution in [0.4, 0.5) is 11.4 Å². The highest BCUT2D eigenvalue weighted by molar-refractivity contribution is 5.99. The van der Waals surface area contributed by atoms with Crippen LogP contribution in [0.1, 0.15) is 35.7 Å². The standard InChI is InChI=1S/C21H26N2O4/c1-4-5-12-22-17-9-7-6-8-16(17)21(25)27-14-20(24)23-18-13-15(2)10-11-19(18)26-3/h6-11,13,22H,4-5,12,14H2,1-3H3,(H,23,24). The van der Waals surface area contributed by atoms with E-state index in [0.717, 1.165) is 24.9 Å². The molecule has 2 rings (SSSR count). The third kappa shape index (κ3) is 6.02. The summed E-state index contributed by atoms with van der Waals surface area (Å²) in [6, 6.07) is 12.6. The molecular formula is C21H26N2O4. The quantitative estimate of drug-likeness (QED) is 0.515. The number of esters is 1. The van der Waals surface area contributed by atoms with Gasteiger partial charge in [-0.15, -0.1) is 0 Å². The highest BCUT2D eigenvalue weighted by Crippen LogP contribution is 2.25. The molecule has 0 saturated carbocycles. The number of unbranched alkanes of at least 4 members (excludes halogenated alkanes) is 1. The summed E-state index contributed by atoms with van der Waals surface area (Å²) in [5, 5.41) is 5.93. The second kappa shape index (κ2) is 10.2.